The Labute approximate surface area is 130 Å². The van der Waals surface area contributed by atoms with Gasteiger partial charge in [-0.2, -0.15) is 0 Å². The molecule has 0 radical (unpaired) electrons. The van der Waals surface area contributed by atoms with Crippen LogP contribution in [0.2, 0.25) is 0 Å². The monoisotopic (exact) mass is 373 g/mol. The molecular formula is C16H24INO. The molecule has 0 aromatic heterocycles. The number of phenols is 1. The predicted octanol–water partition coefficient (Wildman–Crippen LogP) is 4.06. The lowest BCUT2D eigenvalue weighted by atomic mass is 9.78. The van der Waals surface area contributed by atoms with Gasteiger partial charge in [-0.3, -0.25) is 0 Å². The number of nitrogens with zero attached hydrogens (tertiary/aromatic N) is 1. The molecule has 2 nitrogen and oxygen atoms in total. The van der Waals surface area contributed by atoms with Crippen LogP contribution in [0.4, 0.5) is 0 Å². The fraction of sp³-hybridized carbons (Fsp3) is 0.625. The fourth-order valence-electron chi connectivity index (χ4n) is 3.11. The number of halogens is 1. The van der Waals surface area contributed by atoms with Crippen LogP contribution >= 0.6 is 22.6 Å². The van der Waals surface area contributed by atoms with E-state index in [2.05, 4.69) is 61.5 Å². The lowest BCUT2D eigenvalue weighted by Gasteiger charge is -2.28. The summed E-state index contributed by atoms with van der Waals surface area (Å²) in [4.78, 5) is 2.14. The van der Waals surface area contributed by atoms with E-state index in [9.17, 15) is 5.11 Å². The van der Waals surface area contributed by atoms with Crippen LogP contribution in [-0.4, -0.2) is 24.1 Å². The van der Waals surface area contributed by atoms with Crippen molar-refractivity contribution in [2.45, 2.75) is 51.5 Å². The van der Waals surface area contributed by atoms with E-state index in [1.807, 2.05) is 0 Å². The molecule has 1 N–H and O–H groups in total. The Morgan fingerprint density at radius 3 is 2.63 bits per heavy atom. The SMILES string of the molecule is CN(C)Cc1c(O)c(I)cc2c1CCCCC2(C)C. The molecule has 0 amide bonds. The summed E-state index contributed by atoms with van der Waals surface area (Å²) in [5.41, 5.74) is 4.21. The molecule has 0 bridgehead atoms. The van der Waals surface area contributed by atoms with E-state index in [0.717, 1.165) is 22.1 Å². The zero-order valence-corrected chi connectivity index (χ0v) is 14.5. The van der Waals surface area contributed by atoms with Gasteiger partial charge in [-0.15, -0.1) is 0 Å². The topological polar surface area (TPSA) is 23.5 Å². The third kappa shape index (κ3) is 3.07. The number of hydrogen-bond donors (Lipinski definition) is 1. The second-order valence-corrected chi connectivity index (χ2v) is 7.70. The first-order chi connectivity index (χ1) is 8.83. The summed E-state index contributed by atoms with van der Waals surface area (Å²) in [6, 6.07) is 2.20. The third-order valence-corrected chi connectivity index (χ3v) is 4.98. The molecule has 0 saturated heterocycles. The summed E-state index contributed by atoms with van der Waals surface area (Å²) < 4.78 is 0.989. The van der Waals surface area contributed by atoms with Gasteiger partial charge in [0.25, 0.3) is 0 Å². The standard InChI is InChI=1S/C16H24INO/c1-16(2)8-6-5-7-11-12(10-18(3)4)15(19)14(17)9-13(11)16/h9,19H,5-8,10H2,1-4H3. The highest BCUT2D eigenvalue weighted by Gasteiger charge is 2.29. The van der Waals surface area contributed by atoms with Gasteiger partial charge in [0, 0.05) is 12.1 Å². The van der Waals surface area contributed by atoms with Gasteiger partial charge in [0.2, 0.25) is 0 Å². The van der Waals surface area contributed by atoms with Crippen LogP contribution in [0.1, 0.15) is 49.8 Å². The van der Waals surface area contributed by atoms with Crippen LogP contribution in [0.25, 0.3) is 0 Å². The van der Waals surface area contributed by atoms with Crippen LogP contribution in [0.3, 0.4) is 0 Å². The number of phenolic OH excluding ortho intramolecular Hbond substituents is 1. The van der Waals surface area contributed by atoms with E-state index in [1.54, 1.807) is 0 Å². The molecule has 1 aromatic carbocycles. The minimum atomic E-state index is 0.223. The molecule has 0 spiro atoms. The maximum absolute atomic E-state index is 10.4. The van der Waals surface area contributed by atoms with E-state index in [0.29, 0.717) is 5.75 Å². The van der Waals surface area contributed by atoms with Crippen molar-refractivity contribution in [1.29, 1.82) is 0 Å². The number of rotatable bonds is 2. The van der Waals surface area contributed by atoms with E-state index in [4.69, 9.17) is 0 Å². The number of hydrogen-bond acceptors (Lipinski definition) is 2. The van der Waals surface area contributed by atoms with Gasteiger partial charge in [0.05, 0.1) is 3.57 Å². The van der Waals surface area contributed by atoms with Crippen molar-refractivity contribution in [3.05, 3.63) is 26.3 Å². The Bertz CT molecular complexity index is 480. The first-order valence-corrected chi connectivity index (χ1v) is 8.09. The van der Waals surface area contributed by atoms with Crippen molar-refractivity contribution < 1.29 is 5.11 Å². The number of benzene rings is 1. The average Bonchev–Trinajstić information content (AvgIpc) is 2.45. The van der Waals surface area contributed by atoms with E-state index < -0.39 is 0 Å². The molecule has 0 heterocycles. The van der Waals surface area contributed by atoms with Crippen LogP contribution in [-0.2, 0) is 18.4 Å². The van der Waals surface area contributed by atoms with Crippen LogP contribution in [0.5, 0.6) is 5.75 Å². The normalized spacial score (nSPS) is 18.2. The highest BCUT2D eigenvalue weighted by Crippen LogP contribution is 2.41. The van der Waals surface area contributed by atoms with Gasteiger partial charge >= 0.3 is 0 Å². The maximum Gasteiger partial charge on any atom is 0.133 e. The first-order valence-electron chi connectivity index (χ1n) is 7.01. The van der Waals surface area contributed by atoms with Crippen molar-refractivity contribution >= 4 is 22.6 Å². The van der Waals surface area contributed by atoms with Gasteiger partial charge in [0.1, 0.15) is 5.75 Å². The summed E-state index contributed by atoms with van der Waals surface area (Å²) in [6.07, 6.45) is 4.85. The molecule has 0 aliphatic heterocycles. The molecule has 106 valence electrons. The second-order valence-electron chi connectivity index (χ2n) is 6.54. The van der Waals surface area contributed by atoms with Crippen molar-refractivity contribution in [3.63, 3.8) is 0 Å². The Hall–Kier alpha value is -0.290. The lowest BCUT2D eigenvalue weighted by Crippen LogP contribution is -2.20. The summed E-state index contributed by atoms with van der Waals surface area (Å²) in [7, 11) is 4.13. The Balaban J connectivity index is 2.63. The van der Waals surface area contributed by atoms with E-state index >= 15 is 0 Å². The molecule has 0 saturated carbocycles. The average molecular weight is 373 g/mol. The molecule has 1 aromatic rings. The van der Waals surface area contributed by atoms with E-state index in [-0.39, 0.29) is 5.41 Å². The van der Waals surface area contributed by atoms with Gasteiger partial charge in [-0.05, 0) is 78.6 Å². The third-order valence-electron chi connectivity index (χ3n) is 4.15. The first kappa shape index (κ1) is 15.1. The van der Waals surface area contributed by atoms with Gasteiger partial charge in [-0.25, -0.2) is 0 Å². The molecule has 1 aliphatic rings. The van der Waals surface area contributed by atoms with Crippen LogP contribution < -0.4 is 0 Å². The van der Waals surface area contributed by atoms with Gasteiger partial charge < -0.3 is 10.0 Å². The second kappa shape index (κ2) is 5.60. The largest absolute Gasteiger partial charge is 0.506 e. The van der Waals surface area contributed by atoms with Crippen molar-refractivity contribution in [2.24, 2.45) is 0 Å². The molecule has 0 atom stereocenters. The van der Waals surface area contributed by atoms with Crippen molar-refractivity contribution in [2.75, 3.05) is 14.1 Å². The zero-order valence-electron chi connectivity index (χ0n) is 12.4. The fourth-order valence-corrected chi connectivity index (χ4v) is 3.75. The summed E-state index contributed by atoms with van der Waals surface area (Å²) in [6.45, 7) is 5.49. The Morgan fingerprint density at radius 2 is 2.00 bits per heavy atom. The molecule has 1 aliphatic carbocycles. The smallest absolute Gasteiger partial charge is 0.133 e. The Morgan fingerprint density at radius 1 is 1.32 bits per heavy atom. The molecule has 3 heteroatoms. The predicted molar refractivity (Wildman–Crippen MR) is 88.8 cm³/mol. The van der Waals surface area contributed by atoms with Crippen molar-refractivity contribution in [3.8, 4) is 5.75 Å². The minimum Gasteiger partial charge on any atom is -0.506 e. The molecular weight excluding hydrogens is 349 g/mol. The highest BCUT2D eigenvalue weighted by molar-refractivity contribution is 14.1. The van der Waals surface area contributed by atoms with Crippen LogP contribution in [0.15, 0.2) is 6.07 Å². The number of fused-ring (bicyclic) bond motifs is 1. The lowest BCUT2D eigenvalue weighted by molar-refractivity contribution is 0.381. The summed E-state index contributed by atoms with van der Waals surface area (Å²) in [5.74, 6) is 0.491. The zero-order chi connectivity index (χ0) is 14.2. The van der Waals surface area contributed by atoms with E-state index in [1.165, 1.54) is 30.4 Å². The summed E-state index contributed by atoms with van der Waals surface area (Å²) >= 11 is 2.26. The van der Waals surface area contributed by atoms with Gasteiger partial charge in [-0.1, -0.05) is 20.3 Å². The maximum atomic E-state index is 10.4. The highest BCUT2D eigenvalue weighted by atomic mass is 127. The molecule has 0 fully saturated rings. The molecule has 19 heavy (non-hydrogen) atoms. The Kier molecular flexibility index (Phi) is 4.45. The van der Waals surface area contributed by atoms with Crippen molar-refractivity contribution in [1.82, 2.24) is 4.90 Å². The molecule has 0 unspecified atom stereocenters. The van der Waals surface area contributed by atoms with Crippen LogP contribution in [0, 0.1) is 3.57 Å². The number of aromatic hydroxyl groups is 1. The summed E-state index contributed by atoms with van der Waals surface area (Å²) in [5, 5.41) is 10.4. The minimum absolute atomic E-state index is 0.223. The van der Waals surface area contributed by atoms with Gasteiger partial charge in [0.15, 0.2) is 0 Å². The molecule has 2 rings (SSSR count). The quantitative estimate of drug-likeness (QED) is 0.624.